The molecule has 2 unspecified atom stereocenters. The van der Waals surface area contributed by atoms with E-state index in [1.165, 1.54) is 6.92 Å². The van der Waals surface area contributed by atoms with Crippen LogP contribution in [-0.4, -0.2) is 57.2 Å². The first-order valence-corrected chi connectivity index (χ1v) is 13.5. The predicted molar refractivity (Wildman–Crippen MR) is 138 cm³/mol. The molecule has 0 aliphatic carbocycles. The summed E-state index contributed by atoms with van der Waals surface area (Å²) in [5.41, 5.74) is -0.147. The minimum atomic E-state index is -0.478. The van der Waals surface area contributed by atoms with E-state index in [1.807, 2.05) is 57.0 Å². The van der Waals surface area contributed by atoms with Crippen LogP contribution in [0.3, 0.4) is 0 Å². The predicted octanol–water partition coefficient (Wildman–Crippen LogP) is 4.23. The van der Waals surface area contributed by atoms with Gasteiger partial charge in [-0.25, -0.2) is 0 Å². The number of halogens is 1. The molecule has 2 aromatic rings. The van der Waals surface area contributed by atoms with Crippen LogP contribution in [0.1, 0.15) is 54.5 Å². The zero-order chi connectivity index (χ0) is 25.5. The fourth-order valence-electron chi connectivity index (χ4n) is 4.49. The van der Waals surface area contributed by atoms with Gasteiger partial charge in [0, 0.05) is 58.4 Å². The van der Waals surface area contributed by atoms with Crippen molar-refractivity contribution in [2.75, 3.05) is 6.61 Å². The molecule has 0 amide bonds. The highest BCUT2D eigenvalue weighted by Gasteiger charge is 2.52. The normalized spacial score (nSPS) is 29.8. The van der Waals surface area contributed by atoms with Crippen molar-refractivity contribution in [3.63, 3.8) is 0 Å². The number of hydrogen-bond donors (Lipinski definition) is 0. The molecule has 35 heavy (non-hydrogen) atoms. The average molecular weight is 566 g/mol. The van der Waals surface area contributed by atoms with Crippen LogP contribution in [-0.2, 0) is 23.6 Å². The number of hydrogen-bond acceptors (Lipinski definition) is 8. The zero-order valence-corrected chi connectivity index (χ0v) is 23.6. The van der Waals surface area contributed by atoms with Crippen molar-refractivity contribution in [3.05, 3.63) is 35.3 Å². The second-order valence-electron chi connectivity index (χ2n) is 10.4. The van der Waals surface area contributed by atoms with Crippen molar-refractivity contribution in [2.45, 2.75) is 82.1 Å². The zero-order valence-electron chi connectivity index (χ0n) is 21.2. The van der Waals surface area contributed by atoms with Crippen molar-refractivity contribution in [1.29, 1.82) is 0 Å². The highest BCUT2D eigenvalue weighted by atomic mass is 79.9. The topological polar surface area (TPSA) is 84.7 Å². The van der Waals surface area contributed by atoms with Crippen molar-refractivity contribution >= 4 is 46.2 Å². The number of esters is 1. The molecule has 2 aliphatic heterocycles. The van der Waals surface area contributed by atoms with E-state index in [9.17, 15) is 4.79 Å². The summed E-state index contributed by atoms with van der Waals surface area (Å²) in [6.45, 7) is 14.1. The lowest BCUT2D eigenvalue weighted by molar-refractivity contribution is -0.156. The Morgan fingerprint density at radius 1 is 1.17 bits per heavy atom. The lowest BCUT2D eigenvalue weighted by Gasteiger charge is -2.44. The minimum absolute atomic E-state index is 0.0121. The van der Waals surface area contributed by atoms with Gasteiger partial charge in [-0.05, 0) is 49.7 Å². The standard InChI is InChI=1S/C24H33BBrN3O5S/c1-14-20(13-31-16(3)30)32-22(35-19-8-18(26)10-27-11-19)15(2)21(14)29-12-17(9-28-29)25-33-23(4,5)24(6,7)34-25/h8-12,14-15,20-22H,13H2,1-7H3/t14-,15?,20?,21-,22+/m0/s1. The Balaban J connectivity index is 1.59. The fraction of sp³-hybridized carbons (Fsp3) is 0.625. The van der Waals surface area contributed by atoms with E-state index in [4.69, 9.17) is 23.9 Å². The van der Waals surface area contributed by atoms with Gasteiger partial charge >= 0.3 is 13.1 Å². The Morgan fingerprint density at radius 2 is 1.86 bits per heavy atom. The van der Waals surface area contributed by atoms with Crippen LogP contribution in [0.15, 0.2) is 40.2 Å². The van der Waals surface area contributed by atoms with E-state index in [1.54, 1.807) is 18.0 Å². The summed E-state index contributed by atoms with van der Waals surface area (Å²) < 4.78 is 27.2. The summed E-state index contributed by atoms with van der Waals surface area (Å²) in [6, 6.07) is 2.03. The van der Waals surface area contributed by atoms with Gasteiger partial charge in [-0.2, -0.15) is 5.10 Å². The number of pyridine rings is 1. The molecule has 0 N–H and O–H groups in total. The fourth-order valence-corrected chi connectivity index (χ4v) is 6.17. The second kappa shape index (κ2) is 10.2. The summed E-state index contributed by atoms with van der Waals surface area (Å²) in [5.74, 6) is -0.167. The SMILES string of the molecule is CC(=O)OCC1O[C@H](Sc2cncc(Br)c2)C(C)[C@@H](n2cc(B3OC(C)(C)C(C)(C)O3)cn2)[C@H]1C. The van der Waals surface area contributed by atoms with Gasteiger partial charge in [-0.15, -0.1) is 0 Å². The van der Waals surface area contributed by atoms with Crippen molar-refractivity contribution < 1.29 is 23.6 Å². The van der Waals surface area contributed by atoms with Crippen LogP contribution in [0.2, 0.25) is 0 Å². The van der Waals surface area contributed by atoms with Gasteiger partial charge < -0.3 is 18.8 Å². The summed E-state index contributed by atoms with van der Waals surface area (Å²) in [4.78, 5) is 16.8. The van der Waals surface area contributed by atoms with Crippen molar-refractivity contribution in [1.82, 2.24) is 14.8 Å². The van der Waals surface area contributed by atoms with E-state index in [0.29, 0.717) is 0 Å². The average Bonchev–Trinajstić information content (AvgIpc) is 3.31. The highest BCUT2D eigenvalue weighted by Crippen LogP contribution is 2.44. The number of carbonyl (C=O) groups excluding carboxylic acids is 1. The molecule has 2 saturated heterocycles. The second-order valence-corrected chi connectivity index (χ2v) is 12.4. The van der Waals surface area contributed by atoms with E-state index < -0.39 is 18.3 Å². The first-order valence-electron chi connectivity index (χ1n) is 11.8. The quantitative estimate of drug-likeness (QED) is 0.380. The van der Waals surface area contributed by atoms with Gasteiger partial charge in [0.25, 0.3) is 0 Å². The van der Waals surface area contributed by atoms with E-state index in [0.717, 1.165) is 14.8 Å². The molecule has 4 rings (SSSR count). The van der Waals surface area contributed by atoms with Crippen LogP contribution >= 0.6 is 27.7 Å². The summed E-state index contributed by atoms with van der Waals surface area (Å²) in [6.07, 6.45) is 7.13. The molecule has 4 heterocycles. The van der Waals surface area contributed by atoms with Gasteiger partial charge in [0.05, 0.1) is 23.3 Å². The molecule has 0 saturated carbocycles. The molecule has 0 bridgehead atoms. The number of ether oxygens (including phenoxy) is 2. The smallest absolute Gasteiger partial charge is 0.463 e. The molecule has 2 fully saturated rings. The molecule has 0 spiro atoms. The van der Waals surface area contributed by atoms with E-state index in [-0.39, 0.29) is 42.0 Å². The van der Waals surface area contributed by atoms with Gasteiger partial charge in [0.15, 0.2) is 0 Å². The molecule has 5 atom stereocenters. The molecule has 0 aromatic carbocycles. The third-order valence-electron chi connectivity index (χ3n) is 7.24. The van der Waals surface area contributed by atoms with Crippen LogP contribution in [0.4, 0.5) is 0 Å². The number of rotatable bonds is 6. The minimum Gasteiger partial charge on any atom is -0.463 e. The molecule has 0 radical (unpaired) electrons. The van der Waals surface area contributed by atoms with Crippen LogP contribution < -0.4 is 5.46 Å². The Kier molecular flexibility index (Phi) is 7.74. The van der Waals surface area contributed by atoms with Gasteiger partial charge in [-0.3, -0.25) is 14.5 Å². The van der Waals surface area contributed by atoms with Crippen LogP contribution in [0.25, 0.3) is 0 Å². The van der Waals surface area contributed by atoms with E-state index in [2.05, 4.69) is 34.8 Å². The maximum Gasteiger partial charge on any atom is 0.498 e. The Morgan fingerprint density at radius 3 is 2.49 bits per heavy atom. The van der Waals surface area contributed by atoms with Crippen LogP contribution in [0, 0.1) is 11.8 Å². The monoisotopic (exact) mass is 565 g/mol. The maximum atomic E-state index is 11.5. The van der Waals surface area contributed by atoms with Crippen molar-refractivity contribution in [3.8, 4) is 0 Å². The summed E-state index contributed by atoms with van der Waals surface area (Å²) in [7, 11) is -0.478. The Labute approximate surface area is 220 Å². The Hall–Kier alpha value is -1.40. The molecule has 2 aliphatic rings. The maximum absolute atomic E-state index is 11.5. The molecule has 2 aromatic heterocycles. The lowest BCUT2D eigenvalue weighted by atomic mass is 9.81. The molecule has 11 heteroatoms. The molecule has 8 nitrogen and oxygen atoms in total. The Bertz CT molecular complexity index is 1050. The molecule has 190 valence electrons. The molecular weight excluding hydrogens is 533 g/mol. The van der Waals surface area contributed by atoms with Gasteiger partial charge in [-0.1, -0.05) is 25.6 Å². The molecular formula is C24H33BBrN3O5S. The highest BCUT2D eigenvalue weighted by molar-refractivity contribution is 9.10. The number of aromatic nitrogens is 3. The summed E-state index contributed by atoms with van der Waals surface area (Å²) in [5, 5.41) is 4.73. The van der Waals surface area contributed by atoms with Crippen LogP contribution in [0.5, 0.6) is 0 Å². The summed E-state index contributed by atoms with van der Waals surface area (Å²) >= 11 is 5.10. The van der Waals surface area contributed by atoms with Crippen molar-refractivity contribution in [2.24, 2.45) is 11.8 Å². The number of carbonyl (C=O) groups is 1. The van der Waals surface area contributed by atoms with Gasteiger partial charge in [0.2, 0.25) is 0 Å². The number of nitrogens with zero attached hydrogens (tertiary/aromatic N) is 3. The van der Waals surface area contributed by atoms with Gasteiger partial charge in [0.1, 0.15) is 12.0 Å². The third-order valence-corrected chi connectivity index (χ3v) is 8.94. The lowest BCUT2D eigenvalue weighted by Crippen LogP contribution is -2.47. The first kappa shape index (κ1) is 26.7. The largest absolute Gasteiger partial charge is 0.498 e. The van der Waals surface area contributed by atoms with E-state index >= 15 is 0 Å². The number of thioether (sulfide) groups is 1. The third kappa shape index (κ3) is 5.64. The first-order chi connectivity index (χ1) is 16.4.